The molecule has 0 spiro atoms. The van der Waals surface area contributed by atoms with Crippen LogP contribution in [0.2, 0.25) is 0 Å². The summed E-state index contributed by atoms with van der Waals surface area (Å²) in [6, 6.07) is 0. The Morgan fingerprint density at radius 1 is 0.733 bits per heavy atom. The summed E-state index contributed by atoms with van der Waals surface area (Å²) in [4.78, 5) is 0. The summed E-state index contributed by atoms with van der Waals surface area (Å²) < 4.78 is 0. The third-order valence-corrected chi connectivity index (χ3v) is 3.89. The Labute approximate surface area is 97.8 Å². The first-order valence-corrected chi connectivity index (χ1v) is 7.21. The standard InChI is InChI=1S/C15H32/c1-6-10-13(5)15(12-8-3)14(9-4)11-7-2/h13-15H,6-12H2,1-5H3. The van der Waals surface area contributed by atoms with E-state index in [1.54, 1.807) is 0 Å². The molecule has 15 heavy (non-hydrogen) atoms. The average Bonchev–Trinajstić information content (AvgIpc) is 2.23. The zero-order valence-corrected chi connectivity index (χ0v) is 11.7. The molecule has 92 valence electrons. The predicted molar refractivity (Wildman–Crippen MR) is 71.2 cm³/mol. The molecule has 0 aromatic heterocycles. The van der Waals surface area contributed by atoms with Gasteiger partial charge in [0.05, 0.1) is 0 Å². The van der Waals surface area contributed by atoms with Crippen LogP contribution in [-0.2, 0) is 0 Å². The number of rotatable bonds is 9. The zero-order valence-electron chi connectivity index (χ0n) is 11.7. The van der Waals surface area contributed by atoms with Crippen LogP contribution in [0, 0.1) is 17.8 Å². The Bertz CT molecular complexity index is 128. The quantitative estimate of drug-likeness (QED) is 0.462. The molecule has 0 fully saturated rings. The van der Waals surface area contributed by atoms with Crippen molar-refractivity contribution in [2.75, 3.05) is 0 Å². The molecule has 0 aromatic carbocycles. The van der Waals surface area contributed by atoms with Crippen molar-refractivity contribution in [3.63, 3.8) is 0 Å². The lowest BCUT2D eigenvalue weighted by molar-refractivity contribution is 0.194. The van der Waals surface area contributed by atoms with Gasteiger partial charge in [0.25, 0.3) is 0 Å². The second-order valence-corrected chi connectivity index (χ2v) is 5.18. The summed E-state index contributed by atoms with van der Waals surface area (Å²) in [5.41, 5.74) is 0. The van der Waals surface area contributed by atoms with Crippen LogP contribution in [0.3, 0.4) is 0 Å². The third kappa shape index (κ3) is 5.58. The maximum atomic E-state index is 2.47. The summed E-state index contributed by atoms with van der Waals surface area (Å²) in [5.74, 6) is 2.91. The molecule has 0 aliphatic carbocycles. The van der Waals surface area contributed by atoms with E-state index in [1.807, 2.05) is 0 Å². The van der Waals surface area contributed by atoms with Crippen LogP contribution in [0.15, 0.2) is 0 Å². The van der Waals surface area contributed by atoms with Crippen molar-refractivity contribution in [2.45, 2.75) is 79.6 Å². The smallest absolute Gasteiger partial charge is 0.0360 e. The molecule has 0 aliphatic heterocycles. The van der Waals surface area contributed by atoms with Crippen LogP contribution in [-0.4, -0.2) is 0 Å². The molecule has 3 atom stereocenters. The van der Waals surface area contributed by atoms with Gasteiger partial charge in [-0.25, -0.2) is 0 Å². The molecule has 0 saturated heterocycles. The van der Waals surface area contributed by atoms with Gasteiger partial charge >= 0.3 is 0 Å². The van der Waals surface area contributed by atoms with Gasteiger partial charge in [0.1, 0.15) is 0 Å². The Balaban J connectivity index is 4.30. The van der Waals surface area contributed by atoms with E-state index >= 15 is 0 Å². The second kappa shape index (κ2) is 9.24. The molecular weight excluding hydrogens is 180 g/mol. The number of hydrogen-bond acceptors (Lipinski definition) is 0. The van der Waals surface area contributed by atoms with Crippen LogP contribution in [0.4, 0.5) is 0 Å². The first kappa shape index (κ1) is 15.0. The Morgan fingerprint density at radius 3 is 1.67 bits per heavy atom. The summed E-state index contributed by atoms with van der Waals surface area (Å²) in [5, 5.41) is 0. The van der Waals surface area contributed by atoms with Crippen LogP contribution in [0.25, 0.3) is 0 Å². The van der Waals surface area contributed by atoms with Crippen LogP contribution >= 0.6 is 0 Å². The lowest BCUT2D eigenvalue weighted by Gasteiger charge is -2.31. The van der Waals surface area contributed by atoms with Gasteiger partial charge in [-0.05, 0) is 17.8 Å². The monoisotopic (exact) mass is 212 g/mol. The lowest BCUT2D eigenvalue weighted by Crippen LogP contribution is -2.21. The zero-order chi connectivity index (χ0) is 11.7. The van der Waals surface area contributed by atoms with E-state index in [1.165, 1.54) is 44.9 Å². The van der Waals surface area contributed by atoms with Crippen molar-refractivity contribution >= 4 is 0 Å². The summed E-state index contributed by atoms with van der Waals surface area (Å²) in [6.45, 7) is 11.8. The minimum Gasteiger partial charge on any atom is -0.0654 e. The van der Waals surface area contributed by atoms with Crippen molar-refractivity contribution in [1.29, 1.82) is 0 Å². The summed E-state index contributed by atoms with van der Waals surface area (Å²) in [7, 11) is 0. The Kier molecular flexibility index (Phi) is 9.24. The predicted octanol–water partition coefficient (Wildman–Crippen LogP) is 5.67. The van der Waals surface area contributed by atoms with Crippen molar-refractivity contribution in [3.8, 4) is 0 Å². The fourth-order valence-corrected chi connectivity index (χ4v) is 3.08. The van der Waals surface area contributed by atoms with Gasteiger partial charge in [0.2, 0.25) is 0 Å². The minimum absolute atomic E-state index is 0.937. The van der Waals surface area contributed by atoms with Crippen molar-refractivity contribution in [2.24, 2.45) is 17.8 Å². The van der Waals surface area contributed by atoms with Crippen molar-refractivity contribution in [3.05, 3.63) is 0 Å². The second-order valence-electron chi connectivity index (χ2n) is 5.18. The first-order chi connectivity index (χ1) is 7.21. The van der Waals surface area contributed by atoms with Gasteiger partial charge in [-0.1, -0.05) is 79.6 Å². The maximum absolute atomic E-state index is 2.47. The van der Waals surface area contributed by atoms with Gasteiger partial charge in [-0.2, -0.15) is 0 Å². The molecule has 0 nitrogen and oxygen atoms in total. The van der Waals surface area contributed by atoms with Crippen LogP contribution < -0.4 is 0 Å². The molecule has 0 aromatic rings. The minimum atomic E-state index is 0.937. The molecule has 3 unspecified atom stereocenters. The topological polar surface area (TPSA) is 0 Å². The van der Waals surface area contributed by atoms with E-state index in [2.05, 4.69) is 34.6 Å². The molecular formula is C15H32. The van der Waals surface area contributed by atoms with Crippen LogP contribution in [0.1, 0.15) is 79.6 Å². The highest BCUT2D eigenvalue weighted by atomic mass is 14.3. The molecule has 0 N–H and O–H groups in total. The molecule has 0 heteroatoms. The Hall–Kier alpha value is 0. The average molecular weight is 212 g/mol. The number of hydrogen-bond donors (Lipinski definition) is 0. The molecule has 0 heterocycles. The van der Waals surface area contributed by atoms with Gasteiger partial charge in [0, 0.05) is 0 Å². The van der Waals surface area contributed by atoms with E-state index in [-0.39, 0.29) is 0 Å². The Morgan fingerprint density at radius 2 is 1.27 bits per heavy atom. The largest absolute Gasteiger partial charge is 0.0654 e. The van der Waals surface area contributed by atoms with E-state index < -0.39 is 0 Å². The molecule has 0 amide bonds. The first-order valence-electron chi connectivity index (χ1n) is 7.21. The molecule has 0 radical (unpaired) electrons. The van der Waals surface area contributed by atoms with E-state index in [9.17, 15) is 0 Å². The van der Waals surface area contributed by atoms with E-state index in [4.69, 9.17) is 0 Å². The SMILES string of the molecule is CCCC(C)C(CCC)C(CC)CCC. The summed E-state index contributed by atoms with van der Waals surface area (Å²) >= 11 is 0. The van der Waals surface area contributed by atoms with E-state index in [0.29, 0.717) is 0 Å². The maximum Gasteiger partial charge on any atom is -0.0360 e. The fraction of sp³-hybridized carbons (Fsp3) is 1.00. The van der Waals surface area contributed by atoms with Crippen LogP contribution in [0.5, 0.6) is 0 Å². The lowest BCUT2D eigenvalue weighted by atomic mass is 9.75. The highest BCUT2D eigenvalue weighted by Gasteiger charge is 2.23. The summed E-state index contributed by atoms with van der Waals surface area (Å²) in [6.07, 6.45) is 9.76. The highest BCUT2D eigenvalue weighted by molar-refractivity contribution is 4.73. The molecule has 0 saturated carbocycles. The highest BCUT2D eigenvalue weighted by Crippen LogP contribution is 2.33. The molecule has 0 rings (SSSR count). The van der Waals surface area contributed by atoms with Crippen molar-refractivity contribution in [1.82, 2.24) is 0 Å². The van der Waals surface area contributed by atoms with Gasteiger partial charge in [-0.3, -0.25) is 0 Å². The normalized spacial score (nSPS) is 17.4. The van der Waals surface area contributed by atoms with Gasteiger partial charge in [-0.15, -0.1) is 0 Å². The van der Waals surface area contributed by atoms with E-state index in [0.717, 1.165) is 17.8 Å². The van der Waals surface area contributed by atoms with Crippen molar-refractivity contribution < 1.29 is 0 Å². The molecule has 0 bridgehead atoms. The fourth-order valence-electron chi connectivity index (χ4n) is 3.08. The van der Waals surface area contributed by atoms with Gasteiger partial charge < -0.3 is 0 Å². The van der Waals surface area contributed by atoms with Gasteiger partial charge in [0.15, 0.2) is 0 Å². The molecule has 0 aliphatic rings. The third-order valence-electron chi connectivity index (χ3n) is 3.89.